The Balaban J connectivity index is 0.00000180. The molecule has 1 atom stereocenters. The molecular formula is C12H21ClN4O2. The zero-order valence-electron chi connectivity index (χ0n) is 11.5. The summed E-state index contributed by atoms with van der Waals surface area (Å²) in [6, 6.07) is -0.217. The Kier molecular flexibility index (Phi) is 5.75. The smallest absolute Gasteiger partial charge is 0.249 e. The van der Waals surface area contributed by atoms with Crippen LogP contribution in [0.4, 0.5) is 0 Å². The highest BCUT2D eigenvalue weighted by Gasteiger charge is 2.31. The third kappa shape index (κ3) is 4.18. The van der Waals surface area contributed by atoms with E-state index in [-0.39, 0.29) is 36.8 Å². The molecule has 1 saturated carbocycles. The van der Waals surface area contributed by atoms with Crippen molar-refractivity contribution in [2.24, 2.45) is 5.92 Å². The summed E-state index contributed by atoms with van der Waals surface area (Å²) >= 11 is 0. The Morgan fingerprint density at radius 1 is 1.47 bits per heavy atom. The van der Waals surface area contributed by atoms with Gasteiger partial charge in [-0.2, -0.15) is 4.98 Å². The van der Waals surface area contributed by atoms with Crippen LogP contribution in [0.15, 0.2) is 4.52 Å². The third-order valence-electron chi connectivity index (χ3n) is 2.99. The maximum Gasteiger partial charge on any atom is 0.249 e. The molecule has 0 spiro atoms. The molecule has 1 aromatic rings. The van der Waals surface area contributed by atoms with Gasteiger partial charge in [0.2, 0.25) is 11.8 Å². The van der Waals surface area contributed by atoms with Gasteiger partial charge in [0.15, 0.2) is 5.82 Å². The summed E-state index contributed by atoms with van der Waals surface area (Å²) in [4.78, 5) is 16.0. The van der Waals surface area contributed by atoms with E-state index >= 15 is 0 Å². The number of halogens is 1. The average Bonchev–Trinajstić information content (AvgIpc) is 3.05. The van der Waals surface area contributed by atoms with Gasteiger partial charge >= 0.3 is 0 Å². The van der Waals surface area contributed by atoms with Gasteiger partial charge in [-0.3, -0.25) is 4.79 Å². The van der Waals surface area contributed by atoms with E-state index in [1.807, 2.05) is 13.8 Å². The highest BCUT2D eigenvalue weighted by Crippen LogP contribution is 2.38. The Labute approximate surface area is 119 Å². The van der Waals surface area contributed by atoms with Crippen LogP contribution in [0, 0.1) is 5.92 Å². The van der Waals surface area contributed by atoms with Crippen LogP contribution >= 0.6 is 12.4 Å². The van der Waals surface area contributed by atoms with Crippen LogP contribution in [0.1, 0.15) is 50.4 Å². The van der Waals surface area contributed by atoms with Crippen LogP contribution in [0.5, 0.6) is 0 Å². The second kappa shape index (κ2) is 6.86. The van der Waals surface area contributed by atoms with Crippen LogP contribution < -0.4 is 10.6 Å². The minimum Gasteiger partial charge on any atom is -0.343 e. The summed E-state index contributed by atoms with van der Waals surface area (Å²) in [5.41, 5.74) is 0. The molecule has 1 aliphatic carbocycles. The number of amides is 1. The van der Waals surface area contributed by atoms with Crippen molar-refractivity contribution in [2.75, 3.05) is 13.6 Å². The standard InChI is InChI=1S/C12H20N4O2.ClH/c1-7(2)10(14-9(17)6-13-3)12-15-11(16-18-12)8-4-5-8;/h7-8,10,13H,4-6H2,1-3H3,(H,14,17);1H. The monoisotopic (exact) mass is 288 g/mol. The molecule has 1 amide bonds. The number of nitrogens with one attached hydrogen (secondary N) is 2. The summed E-state index contributed by atoms with van der Waals surface area (Å²) in [6.07, 6.45) is 2.27. The van der Waals surface area contributed by atoms with Gasteiger partial charge in [0.1, 0.15) is 6.04 Å². The van der Waals surface area contributed by atoms with Gasteiger partial charge in [0.05, 0.1) is 6.54 Å². The van der Waals surface area contributed by atoms with Crippen LogP contribution in [0.2, 0.25) is 0 Å². The van der Waals surface area contributed by atoms with E-state index in [1.165, 1.54) is 0 Å². The summed E-state index contributed by atoms with van der Waals surface area (Å²) in [5, 5.41) is 9.71. The maximum atomic E-state index is 11.6. The summed E-state index contributed by atoms with van der Waals surface area (Å²) in [6.45, 7) is 4.32. The van der Waals surface area contributed by atoms with Gasteiger partial charge in [-0.15, -0.1) is 12.4 Å². The van der Waals surface area contributed by atoms with Gasteiger partial charge in [-0.1, -0.05) is 19.0 Å². The minimum absolute atomic E-state index is 0. The van der Waals surface area contributed by atoms with Crippen LogP contribution in [0.3, 0.4) is 0 Å². The quantitative estimate of drug-likeness (QED) is 0.827. The Hall–Kier alpha value is -1.14. The van der Waals surface area contributed by atoms with E-state index in [9.17, 15) is 4.79 Å². The van der Waals surface area contributed by atoms with E-state index in [4.69, 9.17) is 4.52 Å². The van der Waals surface area contributed by atoms with Crippen molar-refractivity contribution in [1.82, 2.24) is 20.8 Å². The van der Waals surface area contributed by atoms with Crippen molar-refractivity contribution in [1.29, 1.82) is 0 Å². The predicted octanol–water partition coefficient (Wildman–Crippen LogP) is 1.40. The van der Waals surface area contributed by atoms with E-state index in [1.54, 1.807) is 7.05 Å². The van der Waals surface area contributed by atoms with E-state index in [2.05, 4.69) is 20.8 Å². The molecule has 1 heterocycles. The van der Waals surface area contributed by atoms with Crippen molar-refractivity contribution in [3.8, 4) is 0 Å². The molecule has 0 aliphatic heterocycles. The van der Waals surface area contributed by atoms with E-state index in [0.717, 1.165) is 18.7 Å². The largest absolute Gasteiger partial charge is 0.343 e. The molecule has 1 fully saturated rings. The van der Waals surface area contributed by atoms with Crippen molar-refractivity contribution in [3.63, 3.8) is 0 Å². The first kappa shape index (κ1) is 15.9. The van der Waals surface area contributed by atoms with E-state index < -0.39 is 0 Å². The molecule has 0 saturated heterocycles. The number of nitrogens with zero attached hydrogens (tertiary/aromatic N) is 2. The number of hydrogen-bond acceptors (Lipinski definition) is 5. The molecule has 108 valence electrons. The van der Waals surface area contributed by atoms with Crippen LogP contribution in [-0.4, -0.2) is 29.6 Å². The lowest BCUT2D eigenvalue weighted by atomic mass is 10.0. The minimum atomic E-state index is -0.217. The molecule has 1 aromatic heterocycles. The van der Waals surface area contributed by atoms with Gasteiger partial charge in [0.25, 0.3) is 0 Å². The van der Waals surface area contributed by atoms with E-state index in [0.29, 0.717) is 11.8 Å². The van der Waals surface area contributed by atoms with Crippen LogP contribution in [0.25, 0.3) is 0 Å². The highest BCUT2D eigenvalue weighted by molar-refractivity contribution is 5.85. The average molecular weight is 289 g/mol. The predicted molar refractivity (Wildman–Crippen MR) is 73.2 cm³/mol. The normalized spacial score (nSPS) is 16.0. The lowest BCUT2D eigenvalue weighted by Gasteiger charge is -2.18. The molecule has 7 heteroatoms. The third-order valence-corrected chi connectivity index (χ3v) is 2.99. The molecule has 19 heavy (non-hydrogen) atoms. The van der Waals surface area contributed by atoms with Gasteiger partial charge in [-0.05, 0) is 25.8 Å². The molecule has 0 aromatic carbocycles. The summed E-state index contributed by atoms with van der Waals surface area (Å²) in [7, 11) is 1.74. The second-order valence-corrected chi connectivity index (χ2v) is 5.08. The first-order valence-corrected chi connectivity index (χ1v) is 6.39. The number of rotatable bonds is 6. The molecule has 1 unspecified atom stereocenters. The molecular weight excluding hydrogens is 268 g/mol. The summed E-state index contributed by atoms with van der Waals surface area (Å²) in [5.74, 6) is 1.89. The van der Waals surface area contributed by atoms with Gasteiger partial charge in [-0.25, -0.2) is 0 Å². The molecule has 2 rings (SSSR count). The van der Waals surface area contributed by atoms with Crippen LogP contribution in [-0.2, 0) is 4.79 Å². The zero-order valence-corrected chi connectivity index (χ0v) is 12.3. The van der Waals surface area contributed by atoms with Gasteiger partial charge in [0, 0.05) is 5.92 Å². The van der Waals surface area contributed by atoms with Crippen molar-refractivity contribution in [3.05, 3.63) is 11.7 Å². The zero-order chi connectivity index (χ0) is 13.1. The highest BCUT2D eigenvalue weighted by atomic mass is 35.5. The molecule has 1 aliphatic rings. The number of aromatic nitrogens is 2. The number of carbonyl (C=O) groups is 1. The molecule has 2 N–H and O–H groups in total. The lowest BCUT2D eigenvalue weighted by Crippen LogP contribution is -2.37. The van der Waals surface area contributed by atoms with Crippen molar-refractivity contribution in [2.45, 2.75) is 38.6 Å². The number of likely N-dealkylation sites (N-methyl/N-ethyl adjacent to an activating group) is 1. The number of hydrogen-bond donors (Lipinski definition) is 2. The first-order chi connectivity index (χ1) is 8.61. The SMILES string of the molecule is CNCC(=O)NC(c1nc(C2CC2)no1)C(C)C.Cl. The number of carbonyl (C=O) groups excluding carboxylic acids is 1. The maximum absolute atomic E-state index is 11.6. The molecule has 0 bridgehead atoms. The fraction of sp³-hybridized carbons (Fsp3) is 0.750. The summed E-state index contributed by atoms with van der Waals surface area (Å²) < 4.78 is 5.27. The van der Waals surface area contributed by atoms with Crippen molar-refractivity contribution < 1.29 is 9.32 Å². The lowest BCUT2D eigenvalue weighted by molar-refractivity contribution is -0.121. The molecule has 6 nitrogen and oxygen atoms in total. The first-order valence-electron chi connectivity index (χ1n) is 6.39. The van der Waals surface area contributed by atoms with Gasteiger partial charge < -0.3 is 15.2 Å². The Bertz CT molecular complexity index is 418. The van der Waals surface area contributed by atoms with Crippen molar-refractivity contribution >= 4 is 18.3 Å². The fourth-order valence-corrected chi connectivity index (χ4v) is 1.78. The topological polar surface area (TPSA) is 80.0 Å². The Morgan fingerprint density at radius 3 is 2.68 bits per heavy atom. The molecule has 0 radical (unpaired) electrons. The second-order valence-electron chi connectivity index (χ2n) is 5.08. The fourth-order valence-electron chi connectivity index (χ4n) is 1.78. The Morgan fingerprint density at radius 2 is 2.16 bits per heavy atom.